The molecule has 0 aliphatic carbocycles. The van der Waals surface area contributed by atoms with Gasteiger partial charge in [-0.05, 0) is 54.0 Å². The highest BCUT2D eigenvalue weighted by molar-refractivity contribution is 6.59. The molecule has 0 aromatic heterocycles. The molecule has 34 heavy (non-hydrogen) atoms. The van der Waals surface area contributed by atoms with Gasteiger partial charge in [0.05, 0.1) is 0 Å². The van der Waals surface area contributed by atoms with Crippen LogP contribution in [0.5, 0.6) is 5.75 Å². The fourth-order valence-corrected chi connectivity index (χ4v) is 8.88. The van der Waals surface area contributed by atoms with Crippen molar-refractivity contribution in [3.8, 4) is 16.9 Å². The highest BCUT2D eigenvalue weighted by atomic mass is 28.3. The van der Waals surface area contributed by atoms with Crippen LogP contribution in [0.25, 0.3) is 11.1 Å². The van der Waals surface area contributed by atoms with Gasteiger partial charge in [-0.2, -0.15) is 0 Å². The Balaban J connectivity index is 1.41. The summed E-state index contributed by atoms with van der Waals surface area (Å²) in [6, 6.07) is 22.0. The van der Waals surface area contributed by atoms with Crippen molar-refractivity contribution in [2.45, 2.75) is 115 Å². The Hall–Kier alpha value is -1.61. The number of ether oxygens (including phenoxy) is 1. The molecule has 1 aliphatic heterocycles. The Morgan fingerprint density at radius 1 is 0.794 bits per heavy atom. The number of halogens is 1. The van der Waals surface area contributed by atoms with Crippen molar-refractivity contribution in [3.05, 3.63) is 54.1 Å². The number of hydrogen-bond acceptors (Lipinski definition) is 1. The molecule has 1 saturated heterocycles. The second kappa shape index (κ2) is 15.4. The maximum atomic E-state index is 13.9. The lowest BCUT2D eigenvalue weighted by Gasteiger charge is -2.28. The average Bonchev–Trinajstić information content (AvgIpc) is 2.88. The summed E-state index contributed by atoms with van der Waals surface area (Å²) in [7, 11) is -0.459. The minimum atomic E-state index is -0.873. The molecule has 2 aromatic rings. The van der Waals surface area contributed by atoms with Crippen LogP contribution in [0.4, 0.5) is 4.39 Å². The second-order valence-electron chi connectivity index (χ2n) is 10.5. The Morgan fingerprint density at radius 3 is 2.03 bits per heavy atom. The van der Waals surface area contributed by atoms with E-state index in [0.717, 1.165) is 30.9 Å². The van der Waals surface area contributed by atoms with E-state index in [9.17, 15) is 4.39 Å². The van der Waals surface area contributed by atoms with E-state index in [-0.39, 0.29) is 6.61 Å². The predicted molar refractivity (Wildman–Crippen MR) is 149 cm³/mol. The van der Waals surface area contributed by atoms with Crippen molar-refractivity contribution in [3.63, 3.8) is 0 Å². The molecule has 0 N–H and O–H groups in total. The summed E-state index contributed by atoms with van der Waals surface area (Å²) in [6.45, 7) is 4.60. The average molecular weight is 483 g/mol. The minimum Gasteiger partial charge on any atom is -0.491 e. The summed E-state index contributed by atoms with van der Waals surface area (Å²) in [5, 5.41) is 0. The molecule has 1 heterocycles. The van der Waals surface area contributed by atoms with Crippen LogP contribution < -0.4 is 4.74 Å². The van der Waals surface area contributed by atoms with E-state index >= 15 is 0 Å². The number of benzene rings is 2. The summed E-state index contributed by atoms with van der Waals surface area (Å²) < 4.78 is 19.6. The lowest BCUT2D eigenvalue weighted by Crippen LogP contribution is -2.20. The molecule has 188 valence electrons. The summed E-state index contributed by atoms with van der Waals surface area (Å²) >= 11 is 0. The van der Waals surface area contributed by atoms with E-state index in [1.165, 1.54) is 61.6 Å². The Morgan fingerprint density at radius 2 is 1.38 bits per heavy atom. The van der Waals surface area contributed by atoms with Gasteiger partial charge in [0.15, 0.2) is 0 Å². The maximum absolute atomic E-state index is 13.9. The van der Waals surface area contributed by atoms with Gasteiger partial charge in [0.25, 0.3) is 0 Å². The zero-order chi connectivity index (χ0) is 24.0. The van der Waals surface area contributed by atoms with E-state index in [0.29, 0.717) is 6.42 Å². The van der Waals surface area contributed by atoms with E-state index in [2.05, 4.69) is 50.2 Å². The van der Waals surface area contributed by atoms with Gasteiger partial charge in [-0.15, -0.1) is 0 Å². The highest BCUT2D eigenvalue weighted by Crippen LogP contribution is 2.36. The maximum Gasteiger partial charge on any atom is 0.134 e. The molecule has 1 atom stereocenters. The van der Waals surface area contributed by atoms with Crippen molar-refractivity contribution < 1.29 is 9.13 Å². The smallest absolute Gasteiger partial charge is 0.134 e. The summed E-state index contributed by atoms with van der Waals surface area (Å²) in [5.74, 6) is 1.52. The van der Waals surface area contributed by atoms with Crippen LogP contribution in [0.3, 0.4) is 0 Å². The standard InChI is InChI=1S/C31H47FOSi/c1-3-5-7-8-10-22-34-23-20-29(21-24-34)27-14-12-26(13-15-27)28-16-18-31(19-17-28)33-25-30(32)11-9-6-4-2/h12-19,29-30,34H,3-11,20-25H2,1-2H3/t29-,30-,34-/m1/s1. The van der Waals surface area contributed by atoms with Gasteiger partial charge in [-0.3, -0.25) is 0 Å². The Labute approximate surface area is 210 Å². The molecule has 0 radical (unpaired) electrons. The molecule has 0 unspecified atom stereocenters. The molecule has 2 aromatic carbocycles. The highest BCUT2D eigenvalue weighted by Gasteiger charge is 2.23. The molecule has 0 amide bonds. The van der Waals surface area contributed by atoms with Crippen LogP contribution in [0.1, 0.15) is 96.0 Å². The predicted octanol–water partition coefficient (Wildman–Crippen LogP) is 9.73. The number of unbranched alkanes of at least 4 members (excludes halogenated alkanes) is 6. The van der Waals surface area contributed by atoms with Crippen LogP contribution in [-0.2, 0) is 0 Å². The Bertz CT molecular complexity index is 780. The zero-order valence-corrected chi connectivity index (χ0v) is 22.9. The summed E-state index contributed by atoms with van der Waals surface area (Å²) in [5.41, 5.74) is 3.96. The van der Waals surface area contributed by atoms with Crippen molar-refractivity contribution in [1.82, 2.24) is 0 Å². The quantitative estimate of drug-likeness (QED) is 0.181. The SMILES string of the molecule is CCCCCCC[Si@H]1CC[C@H](c2ccc(-c3ccc(OC[C@H](F)CCCCC)cc3)cc2)CC1. The zero-order valence-electron chi connectivity index (χ0n) is 21.7. The second-order valence-corrected chi connectivity index (χ2v) is 13.9. The lowest BCUT2D eigenvalue weighted by atomic mass is 9.92. The van der Waals surface area contributed by atoms with Gasteiger partial charge in [0.2, 0.25) is 0 Å². The first-order valence-electron chi connectivity index (χ1n) is 14.2. The van der Waals surface area contributed by atoms with Crippen LogP contribution in [0.15, 0.2) is 48.5 Å². The van der Waals surface area contributed by atoms with Crippen molar-refractivity contribution in [2.24, 2.45) is 0 Å². The topological polar surface area (TPSA) is 9.23 Å². The third-order valence-corrected chi connectivity index (χ3v) is 11.2. The fourth-order valence-electron chi connectivity index (χ4n) is 5.40. The van der Waals surface area contributed by atoms with Gasteiger partial charge in [-0.1, -0.05) is 120 Å². The largest absolute Gasteiger partial charge is 0.491 e. The van der Waals surface area contributed by atoms with Gasteiger partial charge in [0, 0.05) is 8.80 Å². The molecule has 1 fully saturated rings. The summed E-state index contributed by atoms with van der Waals surface area (Å²) in [6.07, 6.45) is 12.9. The first kappa shape index (κ1) is 27.0. The molecule has 0 spiro atoms. The van der Waals surface area contributed by atoms with Gasteiger partial charge in [0.1, 0.15) is 18.5 Å². The van der Waals surface area contributed by atoms with Crippen molar-refractivity contribution in [1.29, 1.82) is 0 Å². The molecule has 0 saturated carbocycles. The molecule has 1 aliphatic rings. The normalized spacial score (nSPS) is 19.1. The number of rotatable bonds is 15. The van der Waals surface area contributed by atoms with Gasteiger partial charge in [-0.25, -0.2) is 4.39 Å². The van der Waals surface area contributed by atoms with Crippen LogP contribution >= 0.6 is 0 Å². The monoisotopic (exact) mass is 482 g/mol. The van der Waals surface area contributed by atoms with E-state index < -0.39 is 15.0 Å². The minimum absolute atomic E-state index is 0.154. The number of hydrogen-bond donors (Lipinski definition) is 0. The van der Waals surface area contributed by atoms with Crippen LogP contribution in [0.2, 0.25) is 18.1 Å². The molecular formula is C31H47FOSi. The van der Waals surface area contributed by atoms with Gasteiger partial charge < -0.3 is 4.74 Å². The van der Waals surface area contributed by atoms with Crippen LogP contribution in [0, 0.1) is 0 Å². The van der Waals surface area contributed by atoms with E-state index in [1.54, 1.807) is 18.1 Å². The van der Waals surface area contributed by atoms with Crippen molar-refractivity contribution in [2.75, 3.05) is 6.61 Å². The molecule has 3 rings (SSSR count). The molecular weight excluding hydrogens is 435 g/mol. The molecule has 1 nitrogen and oxygen atoms in total. The molecule has 0 bridgehead atoms. The third-order valence-electron chi connectivity index (χ3n) is 7.68. The third kappa shape index (κ3) is 9.21. The molecule has 3 heteroatoms. The summed E-state index contributed by atoms with van der Waals surface area (Å²) in [4.78, 5) is 0. The first-order valence-corrected chi connectivity index (χ1v) is 16.6. The van der Waals surface area contributed by atoms with Gasteiger partial charge >= 0.3 is 0 Å². The first-order chi connectivity index (χ1) is 16.7. The van der Waals surface area contributed by atoms with E-state index in [1.807, 2.05) is 12.1 Å². The number of alkyl halides is 1. The lowest BCUT2D eigenvalue weighted by molar-refractivity contribution is 0.184. The van der Waals surface area contributed by atoms with Crippen LogP contribution in [-0.4, -0.2) is 21.6 Å². The van der Waals surface area contributed by atoms with Crippen molar-refractivity contribution >= 4 is 8.80 Å². The Kier molecular flexibility index (Phi) is 12.2. The van der Waals surface area contributed by atoms with E-state index in [4.69, 9.17) is 4.74 Å². The fraction of sp³-hybridized carbons (Fsp3) is 0.613.